The van der Waals surface area contributed by atoms with Crippen molar-refractivity contribution in [2.24, 2.45) is 5.16 Å². The van der Waals surface area contributed by atoms with E-state index in [0.29, 0.717) is 6.79 Å². The molecule has 3 rings (SSSR count). The number of oxime groups is 1. The van der Waals surface area contributed by atoms with Gasteiger partial charge in [0.2, 0.25) is 6.79 Å². The van der Waals surface area contributed by atoms with E-state index in [-0.39, 0.29) is 0 Å². The summed E-state index contributed by atoms with van der Waals surface area (Å²) in [6.07, 6.45) is 1.70. The van der Waals surface area contributed by atoms with E-state index in [9.17, 15) is 0 Å². The zero-order chi connectivity index (χ0) is 12.4. The van der Waals surface area contributed by atoms with Crippen molar-refractivity contribution in [3.63, 3.8) is 0 Å². The first kappa shape index (κ1) is 11.3. The Morgan fingerprint density at radius 1 is 1.17 bits per heavy atom. The minimum Gasteiger partial charge on any atom is -0.454 e. The fraction of sp³-hybridized carbons (Fsp3) is 0.462. The molecule has 0 atom stereocenters. The molecule has 0 aromatic heterocycles. The molecule has 5 heteroatoms. The number of rotatable bonds is 2. The third-order valence-electron chi connectivity index (χ3n) is 3.42. The second-order valence-electron chi connectivity index (χ2n) is 4.63. The molecule has 0 amide bonds. The van der Waals surface area contributed by atoms with E-state index in [4.69, 9.17) is 14.7 Å². The van der Waals surface area contributed by atoms with E-state index < -0.39 is 0 Å². The van der Waals surface area contributed by atoms with Gasteiger partial charge in [0.1, 0.15) is 0 Å². The first-order valence-electron chi connectivity index (χ1n) is 6.16. The summed E-state index contributed by atoms with van der Waals surface area (Å²) in [4.78, 5) is 2.35. The monoisotopic (exact) mass is 248 g/mol. The summed E-state index contributed by atoms with van der Waals surface area (Å²) in [6.45, 7) is 3.09. The standard InChI is InChI=1S/C13H16N2O3/c16-14-11-3-5-15(6-4-11)8-10-1-2-12-13(7-10)18-9-17-12/h1-2,7,16H,3-6,8-9H2. The molecule has 1 saturated heterocycles. The summed E-state index contributed by atoms with van der Waals surface area (Å²) >= 11 is 0. The molecular formula is C13H16N2O3. The van der Waals surface area contributed by atoms with Gasteiger partial charge in [-0.05, 0) is 17.7 Å². The molecule has 0 radical (unpaired) electrons. The lowest BCUT2D eigenvalue weighted by atomic mass is 10.1. The van der Waals surface area contributed by atoms with Crippen LogP contribution >= 0.6 is 0 Å². The number of piperidine rings is 1. The summed E-state index contributed by atoms with van der Waals surface area (Å²) < 4.78 is 10.7. The molecule has 1 fully saturated rings. The van der Waals surface area contributed by atoms with Crippen LogP contribution in [0.5, 0.6) is 11.5 Å². The zero-order valence-electron chi connectivity index (χ0n) is 10.1. The number of hydrogen-bond donors (Lipinski definition) is 1. The maximum Gasteiger partial charge on any atom is 0.231 e. The minimum atomic E-state index is 0.318. The number of likely N-dealkylation sites (tertiary alicyclic amines) is 1. The van der Waals surface area contributed by atoms with Crippen LogP contribution in [0.3, 0.4) is 0 Å². The average Bonchev–Trinajstić information content (AvgIpc) is 2.87. The Morgan fingerprint density at radius 3 is 2.72 bits per heavy atom. The summed E-state index contributed by atoms with van der Waals surface area (Å²) in [5, 5.41) is 12.0. The molecule has 1 N–H and O–H groups in total. The first-order valence-corrected chi connectivity index (χ1v) is 6.16. The average molecular weight is 248 g/mol. The van der Waals surface area contributed by atoms with Gasteiger partial charge in [-0.2, -0.15) is 0 Å². The Bertz CT molecular complexity index is 463. The quantitative estimate of drug-likeness (QED) is 0.641. The van der Waals surface area contributed by atoms with Crippen LogP contribution in [0.4, 0.5) is 0 Å². The predicted octanol–water partition coefficient (Wildman–Crippen LogP) is 1.84. The molecule has 2 heterocycles. The Hall–Kier alpha value is -1.75. The molecule has 2 aliphatic rings. The zero-order valence-corrected chi connectivity index (χ0v) is 10.1. The van der Waals surface area contributed by atoms with Crippen LogP contribution < -0.4 is 9.47 Å². The number of fused-ring (bicyclic) bond motifs is 1. The van der Waals surface area contributed by atoms with Crippen molar-refractivity contribution in [3.8, 4) is 11.5 Å². The van der Waals surface area contributed by atoms with Gasteiger partial charge >= 0.3 is 0 Å². The van der Waals surface area contributed by atoms with Crippen LogP contribution in [0.25, 0.3) is 0 Å². The summed E-state index contributed by atoms with van der Waals surface area (Å²) in [7, 11) is 0. The lowest BCUT2D eigenvalue weighted by Gasteiger charge is -2.26. The summed E-state index contributed by atoms with van der Waals surface area (Å²) in [5.41, 5.74) is 2.13. The highest BCUT2D eigenvalue weighted by molar-refractivity contribution is 5.84. The van der Waals surface area contributed by atoms with E-state index in [1.807, 2.05) is 12.1 Å². The molecular weight excluding hydrogens is 232 g/mol. The Morgan fingerprint density at radius 2 is 1.94 bits per heavy atom. The molecule has 0 spiro atoms. The second-order valence-corrected chi connectivity index (χ2v) is 4.63. The highest BCUT2D eigenvalue weighted by Crippen LogP contribution is 2.32. The Labute approximate surface area is 106 Å². The first-order chi connectivity index (χ1) is 8.85. The van der Waals surface area contributed by atoms with Crippen LogP contribution in [0.2, 0.25) is 0 Å². The predicted molar refractivity (Wildman–Crippen MR) is 66.3 cm³/mol. The Balaban J connectivity index is 1.63. The number of benzene rings is 1. The lowest BCUT2D eigenvalue weighted by molar-refractivity contribution is 0.174. The van der Waals surface area contributed by atoms with Crippen molar-refractivity contribution in [3.05, 3.63) is 23.8 Å². The van der Waals surface area contributed by atoms with E-state index in [2.05, 4.69) is 16.1 Å². The van der Waals surface area contributed by atoms with Gasteiger partial charge in [-0.1, -0.05) is 11.2 Å². The number of ether oxygens (including phenoxy) is 2. The minimum absolute atomic E-state index is 0.318. The third-order valence-corrected chi connectivity index (χ3v) is 3.42. The van der Waals surface area contributed by atoms with Crippen molar-refractivity contribution in [1.29, 1.82) is 0 Å². The van der Waals surface area contributed by atoms with Crippen molar-refractivity contribution >= 4 is 5.71 Å². The van der Waals surface area contributed by atoms with E-state index in [1.54, 1.807) is 0 Å². The second kappa shape index (κ2) is 4.86. The summed E-state index contributed by atoms with van der Waals surface area (Å²) in [6, 6.07) is 6.07. The van der Waals surface area contributed by atoms with Gasteiger partial charge in [0.15, 0.2) is 11.5 Å². The molecule has 0 saturated carbocycles. The van der Waals surface area contributed by atoms with Crippen molar-refractivity contribution in [2.45, 2.75) is 19.4 Å². The van der Waals surface area contributed by atoms with Crippen LogP contribution in [0, 0.1) is 0 Å². The normalized spacial score (nSPS) is 19.0. The highest BCUT2D eigenvalue weighted by atomic mass is 16.7. The molecule has 0 aliphatic carbocycles. The maximum absolute atomic E-state index is 8.71. The molecule has 1 aromatic carbocycles. The van der Waals surface area contributed by atoms with E-state index >= 15 is 0 Å². The van der Waals surface area contributed by atoms with Crippen LogP contribution in [0.15, 0.2) is 23.4 Å². The van der Waals surface area contributed by atoms with Gasteiger partial charge in [0, 0.05) is 32.5 Å². The molecule has 18 heavy (non-hydrogen) atoms. The van der Waals surface area contributed by atoms with Gasteiger partial charge < -0.3 is 14.7 Å². The molecule has 96 valence electrons. The molecule has 5 nitrogen and oxygen atoms in total. The lowest BCUT2D eigenvalue weighted by Crippen LogP contribution is -2.33. The molecule has 0 unspecified atom stereocenters. The van der Waals surface area contributed by atoms with Crippen molar-refractivity contribution in [1.82, 2.24) is 4.90 Å². The Kier molecular flexibility index (Phi) is 3.06. The van der Waals surface area contributed by atoms with Crippen molar-refractivity contribution in [2.75, 3.05) is 19.9 Å². The fourth-order valence-electron chi connectivity index (χ4n) is 2.37. The number of nitrogens with zero attached hydrogens (tertiary/aromatic N) is 2. The summed E-state index contributed by atoms with van der Waals surface area (Å²) in [5.74, 6) is 1.66. The van der Waals surface area contributed by atoms with Crippen LogP contribution in [-0.4, -0.2) is 35.7 Å². The van der Waals surface area contributed by atoms with Gasteiger partial charge in [-0.25, -0.2) is 0 Å². The van der Waals surface area contributed by atoms with Crippen LogP contribution in [0.1, 0.15) is 18.4 Å². The van der Waals surface area contributed by atoms with E-state index in [1.165, 1.54) is 5.56 Å². The van der Waals surface area contributed by atoms with Gasteiger partial charge in [0.05, 0.1) is 5.71 Å². The van der Waals surface area contributed by atoms with E-state index in [0.717, 1.165) is 49.7 Å². The SMILES string of the molecule is ON=C1CCN(Cc2ccc3c(c2)OCO3)CC1. The maximum atomic E-state index is 8.71. The third kappa shape index (κ3) is 2.26. The largest absolute Gasteiger partial charge is 0.454 e. The molecule has 2 aliphatic heterocycles. The molecule has 0 bridgehead atoms. The number of hydrogen-bond acceptors (Lipinski definition) is 5. The van der Waals surface area contributed by atoms with Gasteiger partial charge in [0.25, 0.3) is 0 Å². The van der Waals surface area contributed by atoms with Gasteiger partial charge in [-0.3, -0.25) is 4.90 Å². The highest BCUT2D eigenvalue weighted by Gasteiger charge is 2.17. The fourth-order valence-corrected chi connectivity index (χ4v) is 2.37. The topological polar surface area (TPSA) is 54.3 Å². The molecule has 1 aromatic rings. The van der Waals surface area contributed by atoms with Gasteiger partial charge in [-0.15, -0.1) is 0 Å². The van der Waals surface area contributed by atoms with Crippen molar-refractivity contribution < 1.29 is 14.7 Å². The smallest absolute Gasteiger partial charge is 0.231 e. The van der Waals surface area contributed by atoms with Crippen LogP contribution in [-0.2, 0) is 6.54 Å².